The van der Waals surface area contributed by atoms with Crippen molar-refractivity contribution in [1.29, 1.82) is 0 Å². The number of likely N-dealkylation sites (N-methyl/N-ethyl adjacent to an activating group) is 1. The summed E-state index contributed by atoms with van der Waals surface area (Å²) in [5.74, 6) is 0.650. The van der Waals surface area contributed by atoms with Crippen molar-refractivity contribution >= 4 is 18.3 Å². The van der Waals surface area contributed by atoms with Crippen LogP contribution in [-0.4, -0.2) is 26.0 Å². The number of rotatable bonds is 6. The van der Waals surface area contributed by atoms with Gasteiger partial charge < -0.3 is 10.6 Å². The van der Waals surface area contributed by atoms with Gasteiger partial charge in [-0.25, -0.2) is 0 Å². The molecule has 0 aromatic heterocycles. The number of hydrogen-bond acceptors (Lipinski definition) is 2. The highest BCUT2D eigenvalue weighted by Crippen LogP contribution is 2.40. The standard InChI is InChI=1S/C18H28N2O.ClH/c1-14(2)15-6-8-16(9-7-15)18(10-4-5-11-18)13-20-17(21)12-19-3;/h6-9,14,19H,4-5,10-13H2,1-3H3,(H,20,21);1H. The zero-order valence-corrected chi connectivity index (χ0v) is 14.8. The van der Waals surface area contributed by atoms with E-state index in [9.17, 15) is 4.79 Å². The van der Waals surface area contributed by atoms with E-state index in [-0.39, 0.29) is 23.7 Å². The van der Waals surface area contributed by atoms with Crippen molar-refractivity contribution in [3.05, 3.63) is 35.4 Å². The molecule has 0 radical (unpaired) electrons. The molecule has 2 rings (SSSR count). The average molecular weight is 325 g/mol. The molecule has 1 fully saturated rings. The van der Waals surface area contributed by atoms with E-state index in [1.54, 1.807) is 7.05 Å². The Kier molecular flexibility index (Phi) is 7.37. The molecule has 0 bridgehead atoms. The zero-order chi connectivity index (χ0) is 15.3. The number of amides is 1. The molecule has 3 nitrogen and oxygen atoms in total. The van der Waals surface area contributed by atoms with E-state index in [4.69, 9.17) is 0 Å². The number of carbonyl (C=O) groups is 1. The predicted molar refractivity (Wildman–Crippen MR) is 94.9 cm³/mol. The highest BCUT2D eigenvalue weighted by Gasteiger charge is 2.35. The molecule has 0 unspecified atom stereocenters. The second kappa shape index (κ2) is 8.54. The van der Waals surface area contributed by atoms with E-state index >= 15 is 0 Å². The van der Waals surface area contributed by atoms with Crippen LogP contribution in [0.1, 0.15) is 56.6 Å². The Morgan fingerprint density at radius 3 is 2.27 bits per heavy atom. The molecule has 0 spiro atoms. The Morgan fingerprint density at radius 1 is 1.18 bits per heavy atom. The molecular weight excluding hydrogens is 296 g/mol. The maximum absolute atomic E-state index is 11.7. The summed E-state index contributed by atoms with van der Waals surface area (Å²) in [7, 11) is 1.80. The van der Waals surface area contributed by atoms with Gasteiger partial charge in [0.15, 0.2) is 0 Å². The molecule has 1 aliphatic rings. The van der Waals surface area contributed by atoms with Crippen LogP contribution in [0.2, 0.25) is 0 Å². The van der Waals surface area contributed by atoms with Crippen LogP contribution in [0.3, 0.4) is 0 Å². The highest BCUT2D eigenvalue weighted by molar-refractivity contribution is 5.85. The van der Waals surface area contributed by atoms with Crippen LogP contribution in [0.15, 0.2) is 24.3 Å². The Morgan fingerprint density at radius 2 is 1.77 bits per heavy atom. The van der Waals surface area contributed by atoms with E-state index in [1.807, 2.05) is 0 Å². The molecule has 22 heavy (non-hydrogen) atoms. The van der Waals surface area contributed by atoms with Crippen molar-refractivity contribution in [2.45, 2.75) is 50.9 Å². The first-order valence-electron chi connectivity index (χ1n) is 8.09. The van der Waals surface area contributed by atoms with E-state index in [0.29, 0.717) is 12.5 Å². The van der Waals surface area contributed by atoms with E-state index < -0.39 is 0 Å². The third kappa shape index (κ3) is 4.47. The fourth-order valence-electron chi connectivity index (χ4n) is 3.33. The van der Waals surface area contributed by atoms with Crippen molar-refractivity contribution in [3.8, 4) is 0 Å². The average Bonchev–Trinajstić information content (AvgIpc) is 2.96. The first kappa shape index (κ1) is 19.0. The summed E-state index contributed by atoms with van der Waals surface area (Å²) in [5.41, 5.74) is 2.90. The smallest absolute Gasteiger partial charge is 0.233 e. The van der Waals surface area contributed by atoms with E-state index in [0.717, 1.165) is 6.54 Å². The number of hydrogen-bond donors (Lipinski definition) is 2. The largest absolute Gasteiger partial charge is 0.354 e. The minimum atomic E-state index is 0. The first-order chi connectivity index (χ1) is 10.1. The number of nitrogens with one attached hydrogen (secondary N) is 2. The van der Waals surface area contributed by atoms with Crippen LogP contribution < -0.4 is 10.6 Å². The first-order valence-corrected chi connectivity index (χ1v) is 8.09. The molecular formula is C18H29ClN2O. The fourth-order valence-corrected chi connectivity index (χ4v) is 3.33. The van der Waals surface area contributed by atoms with Gasteiger partial charge >= 0.3 is 0 Å². The van der Waals surface area contributed by atoms with E-state index in [1.165, 1.54) is 36.8 Å². The zero-order valence-electron chi connectivity index (χ0n) is 13.9. The minimum absolute atomic E-state index is 0. The maximum Gasteiger partial charge on any atom is 0.233 e. The van der Waals surface area contributed by atoms with Gasteiger partial charge in [0.2, 0.25) is 5.91 Å². The minimum Gasteiger partial charge on any atom is -0.354 e. The van der Waals surface area contributed by atoms with E-state index in [2.05, 4.69) is 48.7 Å². The molecule has 1 amide bonds. The lowest BCUT2D eigenvalue weighted by Gasteiger charge is -2.30. The Bertz CT molecular complexity index is 464. The summed E-state index contributed by atoms with van der Waals surface area (Å²) in [6.45, 7) is 5.59. The summed E-state index contributed by atoms with van der Waals surface area (Å²) in [6.07, 6.45) is 4.86. The monoisotopic (exact) mass is 324 g/mol. The van der Waals surface area contributed by atoms with Gasteiger partial charge in [0, 0.05) is 12.0 Å². The lowest BCUT2D eigenvalue weighted by atomic mass is 9.78. The molecule has 1 aromatic carbocycles. The maximum atomic E-state index is 11.7. The van der Waals surface area contributed by atoms with Crippen LogP contribution in [0.5, 0.6) is 0 Å². The molecule has 4 heteroatoms. The van der Waals surface area contributed by atoms with Crippen molar-refractivity contribution in [3.63, 3.8) is 0 Å². The third-order valence-corrected chi connectivity index (χ3v) is 4.71. The van der Waals surface area contributed by atoms with Gasteiger partial charge in [0.05, 0.1) is 6.54 Å². The lowest BCUT2D eigenvalue weighted by Crippen LogP contribution is -2.41. The summed E-state index contributed by atoms with van der Waals surface area (Å²) in [4.78, 5) is 11.7. The molecule has 2 N–H and O–H groups in total. The molecule has 0 atom stereocenters. The third-order valence-electron chi connectivity index (χ3n) is 4.71. The summed E-state index contributed by atoms with van der Waals surface area (Å²) in [5, 5.41) is 6.00. The molecule has 1 saturated carbocycles. The molecule has 0 saturated heterocycles. The molecule has 1 aliphatic carbocycles. The Labute approximate surface area is 140 Å². The van der Waals surface area contributed by atoms with Gasteiger partial charge in [-0.2, -0.15) is 0 Å². The van der Waals surface area contributed by atoms with Gasteiger partial charge in [-0.3, -0.25) is 4.79 Å². The molecule has 124 valence electrons. The summed E-state index contributed by atoms with van der Waals surface area (Å²) >= 11 is 0. The van der Waals surface area contributed by atoms with Crippen molar-refractivity contribution in [2.75, 3.05) is 20.1 Å². The lowest BCUT2D eigenvalue weighted by molar-refractivity contribution is -0.120. The van der Waals surface area contributed by atoms with Crippen molar-refractivity contribution in [2.24, 2.45) is 0 Å². The van der Waals surface area contributed by atoms with Gasteiger partial charge in [-0.1, -0.05) is 51.0 Å². The van der Waals surface area contributed by atoms with Gasteiger partial charge in [-0.05, 0) is 36.9 Å². The number of carbonyl (C=O) groups excluding carboxylic acids is 1. The van der Waals surface area contributed by atoms with Crippen LogP contribution in [0, 0.1) is 0 Å². The van der Waals surface area contributed by atoms with Gasteiger partial charge in [0.1, 0.15) is 0 Å². The quantitative estimate of drug-likeness (QED) is 0.842. The van der Waals surface area contributed by atoms with Crippen molar-refractivity contribution in [1.82, 2.24) is 10.6 Å². The van der Waals surface area contributed by atoms with Gasteiger partial charge in [-0.15, -0.1) is 12.4 Å². The second-order valence-corrected chi connectivity index (χ2v) is 6.57. The number of benzene rings is 1. The van der Waals surface area contributed by atoms with Crippen LogP contribution in [0.25, 0.3) is 0 Å². The predicted octanol–water partition coefficient (Wildman–Crippen LogP) is 3.38. The topological polar surface area (TPSA) is 41.1 Å². The molecule has 0 aliphatic heterocycles. The normalized spacial score (nSPS) is 16.4. The van der Waals surface area contributed by atoms with Crippen molar-refractivity contribution < 1.29 is 4.79 Å². The molecule has 1 aromatic rings. The second-order valence-electron chi connectivity index (χ2n) is 6.57. The number of halogens is 1. The van der Waals surface area contributed by atoms with Crippen LogP contribution in [0.4, 0.5) is 0 Å². The fraction of sp³-hybridized carbons (Fsp3) is 0.611. The Balaban J connectivity index is 0.00000242. The highest BCUT2D eigenvalue weighted by atomic mass is 35.5. The van der Waals surface area contributed by atoms with Crippen LogP contribution in [-0.2, 0) is 10.2 Å². The van der Waals surface area contributed by atoms with Gasteiger partial charge in [0.25, 0.3) is 0 Å². The molecule has 0 heterocycles. The Hall–Kier alpha value is -1.06. The summed E-state index contributed by atoms with van der Waals surface area (Å²) in [6, 6.07) is 9.03. The SMILES string of the molecule is CNCC(=O)NCC1(c2ccc(C(C)C)cc2)CCCC1.Cl. The summed E-state index contributed by atoms with van der Waals surface area (Å²) < 4.78 is 0. The van der Waals surface area contributed by atoms with Crippen LogP contribution >= 0.6 is 12.4 Å².